The number of hydrogen-bond donors (Lipinski definition) is 3. The molecule has 0 aliphatic heterocycles. The Kier molecular flexibility index (Phi) is 5.21. The standard InChI is InChI=1S/C20H20N2O2/c23-18-12-7-13-21-17(18)14-22-19(15-8-3-1-4-9-15)20(24)16-10-5-2-6-11-16/h1-13,19-20,22-24H,14H2/t19-,20+/m1/s1. The summed E-state index contributed by atoms with van der Waals surface area (Å²) < 4.78 is 0. The van der Waals surface area contributed by atoms with Crippen molar-refractivity contribution < 1.29 is 10.2 Å². The van der Waals surface area contributed by atoms with Gasteiger partial charge in [-0.25, -0.2) is 0 Å². The third-order valence-corrected chi connectivity index (χ3v) is 3.97. The molecular formula is C20H20N2O2. The quantitative estimate of drug-likeness (QED) is 0.652. The van der Waals surface area contributed by atoms with Crippen molar-refractivity contribution in [2.75, 3.05) is 0 Å². The number of pyridine rings is 1. The van der Waals surface area contributed by atoms with Crippen LogP contribution in [0.4, 0.5) is 0 Å². The van der Waals surface area contributed by atoms with E-state index < -0.39 is 6.10 Å². The number of rotatable bonds is 6. The first kappa shape index (κ1) is 16.2. The van der Waals surface area contributed by atoms with Gasteiger partial charge in [0.05, 0.1) is 17.8 Å². The molecule has 4 heteroatoms. The van der Waals surface area contributed by atoms with E-state index in [1.54, 1.807) is 18.3 Å². The molecule has 3 N–H and O–H groups in total. The second kappa shape index (κ2) is 7.73. The summed E-state index contributed by atoms with van der Waals surface area (Å²) >= 11 is 0. The molecule has 0 aliphatic rings. The zero-order valence-corrected chi connectivity index (χ0v) is 13.2. The number of aromatic nitrogens is 1. The summed E-state index contributed by atoms with van der Waals surface area (Å²) in [7, 11) is 0. The molecule has 122 valence electrons. The van der Waals surface area contributed by atoms with Crippen molar-refractivity contribution in [1.82, 2.24) is 10.3 Å². The third kappa shape index (κ3) is 3.79. The molecule has 0 aliphatic carbocycles. The maximum absolute atomic E-state index is 10.8. The summed E-state index contributed by atoms with van der Waals surface area (Å²) in [6.07, 6.45) is 0.932. The van der Waals surface area contributed by atoms with Gasteiger partial charge in [0.25, 0.3) is 0 Å². The van der Waals surface area contributed by atoms with Crippen LogP contribution in [0.2, 0.25) is 0 Å². The number of nitrogens with one attached hydrogen (secondary N) is 1. The first-order valence-corrected chi connectivity index (χ1v) is 7.90. The zero-order chi connectivity index (χ0) is 16.8. The summed E-state index contributed by atoms with van der Waals surface area (Å²) in [6, 6.07) is 22.3. The van der Waals surface area contributed by atoms with Gasteiger partial charge in [-0.15, -0.1) is 0 Å². The summed E-state index contributed by atoms with van der Waals surface area (Å²) in [6.45, 7) is 0.357. The smallest absolute Gasteiger partial charge is 0.138 e. The van der Waals surface area contributed by atoms with Crippen molar-refractivity contribution >= 4 is 0 Å². The number of benzene rings is 2. The van der Waals surface area contributed by atoms with E-state index in [9.17, 15) is 10.2 Å². The van der Waals surface area contributed by atoms with E-state index in [2.05, 4.69) is 10.3 Å². The van der Waals surface area contributed by atoms with Crippen LogP contribution >= 0.6 is 0 Å². The Hall–Kier alpha value is -2.69. The van der Waals surface area contributed by atoms with Crippen molar-refractivity contribution in [3.8, 4) is 5.75 Å². The number of aliphatic hydroxyl groups excluding tert-OH is 1. The van der Waals surface area contributed by atoms with E-state index in [0.717, 1.165) is 11.1 Å². The molecule has 4 nitrogen and oxygen atoms in total. The molecule has 3 rings (SSSR count). The fraction of sp³-hybridized carbons (Fsp3) is 0.150. The second-order valence-corrected chi connectivity index (χ2v) is 5.59. The average molecular weight is 320 g/mol. The molecule has 0 amide bonds. The highest BCUT2D eigenvalue weighted by Gasteiger charge is 2.22. The lowest BCUT2D eigenvalue weighted by Gasteiger charge is -2.25. The van der Waals surface area contributed by atoms with Gasteiger partial charge < -0.3 is 15.5 Å². The fourth-order valence-electron chi connectivity index (χ4n) is 2.69. The molecule has 2 aromatic carbocycles. The zero-order valence-electron chi connectivity index (χ0n) is 13.2. The van der Waals surface area contributed by atoms with Crippen molar-refractivity contribution in [3.05, 3.63) is 95.8 Å². The van der Waals surface area contributed by atoms with Gasteiger partial charge >= 0.3 is 0 Å². The van der Waals surface area contributed by atoms with E-state index in [1.807, 2.05) is 60.7 Å². The van der Waals surface area contributed by atoms with Crippen LogP contribution < -0.4 is 5.32 Å². The largest absolute Gasteiger partial charge is 0.506 e. The molecule has 1 aromatic heterocycles. The molecule has 0 saturated carbocycles. The Balaban J connectivity index is 1.84. The minimum atomic E-state index is -0.709. The normalized spacial score (nSPS) is 13.4. The van der Waals surface area contributed by atoms with Gasteiger partial charge in [-0.1, -0.05) is 60.7 Å². The summed E-state index contributed by atoms with van der Waals surface area (Å²) in [4.78, 5) is 4.18. The summed E-state index contributed by atoms with van der Waals surface area (Å²) in [5, 5.41) is 24.0. The third-order valence-electron chi connectivity index (χ3n) is 3.97. The van der Waals surface area contributed by atoms with Gasteiger partial charge in [0, 0.05) is 12.7 Å². The highest BCUT2D eigenvalue weighted by atomic mass is 16.3. The number of nitrogens with zero attached hydrogens (tertiary/aromatic N) is 1. The molecule has 3 aromatic rings. The average Bonchev–Trinajstić information content (AvgIpc) is 2.65. The van der Waals surface area contributed by atoms with Gasteiger partial charge in [-0.2, -0.15) is 0 Å². The van der Waals surface area contributed by atoms with Crippen molar-refractivity contribution in [2.45, 2.75) is 18.7 Å². The molecule has 0 radical (unpaired) electrons. The van der Waals surface area contributed by atoms with E-state index >= 15 is 0 Å². The lowest BCUT2D eigenvalue weighted by Crippen LogP contribution is -2.27. The summed E-state index contributed by atoms with van der Waals surface area (Å²) in [5.41, 5.74) is 2.37. The molecule has 1 heterocycles. The molecule has 0 spiro atoms. The Morgan fingerprint density at radius 2 is 1.46 bits per heavy atom. The maximum atomic E-state index is 10.8. The highest BCUT2D eigenvalue weighted by Crippen LogP contribution is 2.29. The number of aliphatic hydroxyl groups is 1. The topological polar surface area (TPSA) is 65.4 Å². The molecule has 0 saturated heterocycles. The SMILES string of the molecule is Oc1cccnc1CN[C@H](c1ccccc1)[C@@H](O)c1ccccc1. The molecule has 0 bridgehead atoms. The van der Waals surface area contributed by atoms with Gasteiger partial charge in [-0.3, -0.25) is 4.98 Å². The first-order chi connectivity index (χ1) is 11.8. The van der Waals surface area contributed by atoms with Crippen LogP contribution in [0.3, 0.4) is 0 Å². The monoisotopic (exact) mass is 320 g/mol. The van der Waals surface area contributed by atoms with Crippen LogP contribution in [0.5, 0.6) is 5.75 Å². The van der Waals surface area contributed by atoms with Gasteiger partial charge in [0.2, 0.25) is 0 Å². The van der Waals surface area contributed by atoms with E-state index in [0.29, 0.717) is 12.2 Å². The molecular weight excluding hydrogens is 300 g/mol. The minimum Gasteiger partial charge on any atom is -0.506 e. The molecule has 0 fully saturated rings. The van der Waals surface area contributed by atoms with Crippen molar-refractivity contribution in [3.63, 3.8) is 0 Å². The maximum Gasteiger partial charge on any atom is 0.138 e. The second-order valence-electron chi connectivity index (χ2n) is 5.59. The van der Waals surface area contributed by atoms with Gasteiger partial charge in [0.15, 0.2) is 0 Å². The van der Waals surface area contributed by atoms with Crippen LogP contribution in [-0.2, 0) is 6.54 Å². The molecule has 2 atom stereocenters. The van der Waals surface area contributed by atoms with Crippen LogP contribution in [0.25, 0.3) is 0 Å². The van der Waals surface area contributed by atoms with Gasteiger partial charge in [-0.05, 0) is 23.3 Å². The minimum absolute atomic E-state index is 0.144. The number of aromatic hydroxyl groups is 1. The van der Waals surface area contributed by atoms with Crippen LogP contribution in [0.15, 0.2) is 79.0 Å². The predicted molar refractivity (Wildman–Crippen MR) is 93.3 cm³/mol. The van der Waals surface area contributed by atoms with Crippen LogP contribution in [0, 0.1) is 0 Å². The van der Waals surface area contributed by atoms with E-state index in [1.165, 1.54) is 0 Å². The van der Waals surface area contributed by atoms with E-state index in [4.69, 9.17) is 0 Å². The van der Waals surface area contributed by atoms with Crippen molar-refractivity contribution in [1.29, 1.82) is 0 Å². The van der Waals surface area contributed by atoms with Crippen molar-refractivity contribution in [2.24, 2.45) is 0 Å². The summed E-state index contributed by atoms with van der Waals surface area (Å²) in [5.74, 6) is 0.144. The van der Waals surface area contributed by atoms with E-state index in [-0.39, 0.29) is 11.8 Å². The molecule has 0 unspecified atom stereocenters. The van der Waals surface area contributed by atoms with Crippen LogP contribution in [-0.4, -0.2) is 15.2 Å². The lowest BCUT2D eigenvalue weighted by atomic mass is 9.95. The molecule has 24 heavy (non-hydrogen) atoms. The predicted octanol–water partition coefficient (Wildman–Crippen LogP) is 3.35. The number of hydrogen-bond acceptors (Lipinski definition) is 4. The Labute approximate surface area is 141 Å². The fourth-order valence-corrected chi connectivity index (χ4v) is 2.69. The first-order valence-electron chi connectivity index (χ1n) is 7.90. The Morgan fingerprint density at radius 3 is 2.08 bits per heavy atom. The Morgan fingerprint density at radius 1 is 0.833 bits per heavy atom. The van der Waals surface area contributed by atoms with Crippen LogP contribution in [0.1, 0.15) is 29.0 Å². The van der Waals surface area contributed by atoms with Gasteiger partial charge in [0.1, 0.15) is 5.75 Å². The Bertz CT molecular complexity index is 763. The highest BCUT2D eigenvalue weighted by molar-refractivity contribution is 5.28. The lowest BCUT2D eigenvalue weighted by molar-refractivity contribution is 0.127.